The fourth-order valence-corrected chi connectivity index (χ4v) is 2.08. The molecule has 0 saturated carbocycles. The molecule has 0 aliphatic carbocycles. The molecule has 0 aromatic rings. The predicted octanol–water partition coefficient (Wildman–Crippen LogP) is 2.40. The number of imide groups is 1. The van der Waals surface area contributed by atoms with Crippen LogP contribution in [0.4, 0.5) is 0 Å². The molecule has 2 amide bonds. The van der Waals surface area contributed by atoms with Gasteiger partial charge in [0.05, 0.1) is 5.41 Å². The average Bonchev–Trinajstić information content (AvgIpc) is 2.41. The van der Waals surface area contributed by atoms with Gasteiger partial charge in [-0.3, -0.25) is 14.9 Å². The Morgan fingerprint density at radius 1 is 1.20 bits per heavy atom. The molecule has 3 nitrogen and oxygen atoms in total. The molecular formula is C12H21NO2. The lowest BCUT2D eigenvalue weighted by Gasteiger charge is -2.18. The number of hydrogen-bond acceptors (Lipinski definition) is 2. The molecule has 0 aromatic heterocycles. The van der Waals surface area contributed by atoms with E-state index in [1.165, 1.54) is 25.7 Å². The Balaban J connectivity index is 2.25. The minimum atomic E-state index is -0.427. The molecule has 1 aliphatic rings. The van der Waals surface area contributed by atoms with Gasteiger partial charge in [-0.05, 0) is 6.42 Å². The number of unbranched alkanes of at least 4 members (excludes halogenated alkanes) is 4. The number of hydrogen-bond donors (Lipinski definition) is 1. The molecule has 1 unspecified atom stereocenters. The van der Waals surface area contributed by atoms with E-state index in [9.17, 15) is 9.59 Å². The molecule has 0 bridgehead atoms. The summed E-state index contributed by atoms with van der Waals surface area (Å²) in [6.07, 6.45) is 7.18. The van der Waals surface area contributed by atoms with Crippen LogP contribution in [0, 0.1) is 5.41 Å². The molecule has 3 heteroatoms. The summed E-state index contributed by atoms with van der Waals surface area (Å²) < 4.78 is 0. The number of amides is 2. The number of carbonyl (C=O) groups excluding carboxylic acids is 2. The van der Waals surface area contributed by atoms with E-state index >= 15 is 0 Å². The maximum absolute atomic E-state index is 11.5. The second-order valence-electron chi connectivity index (χ2n) is 4.78. The van der Waals surface area contributed by atoms with Gasteiger partial charge in [0.15, 0.2) is 0 Å². The quantitative estimate of drug-likeness (QED) is 0.541. The van der Waals surface area contributed by atoms with Crippen molar-refractivity contribution in [3.63, 3.8) is 0 Å². The van der Waals surface area contributed by atoms with Crippen molar-refractivity contribution in [2.24, 2.45) is 5.41 Å². The van der Waals surface area contributed by atoms with Crippen LogP contribution in [0.15, 0.2) is 0 Å². The highest BCUT2D eigenvalue weighted by Gasteiger charge is 2.41. The van der Waals surface area contributed by atoms with Crippen LogP contribution in [0.25, 0.3) is 0 Å². The van der Waals surface area contributed by atoms with Crippen molar-refractivity contribution < 1.29 is 9.59 Å². The van der Waals surface area contributed by atoms with Crippen LogP contribution in [0.1, 0.15) is 58.8 Å². The first kappa shape index (κ1) is 12.2. The van der Waals surface area contributed by atoms with E-state index < -0.39 is 5.41 Å². The number of rotatable bonds is 6. The third-order valence-electron chi connectivity index (χ3n) is 3.18. The van der Waals surface area contributed by atoms with Crippen LogP contribution in [-0.2, 0) is 9.59 Å². The van der Waals surface area contributed by atoms with Crippen molar-refractivity contribution in [1.29, 1.82) is 0 Å². The molecule has 86 valence electrons. The Labute approximate surface area is 91.6 Å². The molecule has 1 rings (SSSR count). The standard InChI is InChI=1S/C12H21NO2/c1-3-4-5-6-7-8-12(2)9-10(14)13-11(12)15/h3-9H2,1-2H3,(H,13,14,15). The van der Waals surface area contributed by atoms with Crippen LogP contribution < -0.4 is 5.32 Å². The summed E-state index contributed by atoms with van der Waals surface area (Å²) in [5, 5.41) is 2.38. The summed E-state index contributed by atoms with van der Waals surface area (Å²) >= 11 is 0. The van der Waals surface area contributed by atoms with E-state index in [0.717, 1.165) is 12.8 Å². The Hall–Kier alpha value is -0.860. The van der Waals surface area contributed by atoms with Crippen molar-refractivity contribution in [3.05, 3.63) is 0 Å². The van der Waals surface area contributed by atoms with Crippen molar-refractivity contribution in [1.82, 2.24) is 5.32 Å². The zero-order chi connectivity index (χ0) is 11.3. The zero-order valence-electron chi connectivity index (χ0n) is 9.77. The van der Waals surface area contributed by atoms with Crippen LogP contribution in [0.2, 0.25) is 0 Å². The minimum Gasteiger partial charge on any atom is -0.296 e. The van der Waals surface area contributed by atoms with E-state index in [2.05, 4.69) is 12.2 Å². The smallest absolute Gasteiger partial charge is 0.233 e. The van der Waals surface area contributed by atoms with Gasteiger partial charge in [-0.15, -0.1) is 0 Å². The number of nitrogens with one attached hydrogen (secondary N) is 1. The SMILES string of the molecule is CCCCCCCC1(C)CC(=O)NC1=O. The molecular weight excluding hydrogens is 190 g/mol. The van der Waals surface area contributed by atoms with Gasteiger partial charge in [0, 0.05) is 6.42 Å². The molecule has 1 aliphatic heterocycles. The first-order valence-electron chi connectivity index (χ1n) is 5.93. The van der Waals surface area contributed by atoms with Gasteiger partial charge in [0.25, 0.3) is 0 Å². The molecule has 0 radical (unpaired) electrons. The maximum Gasteiger partial charge on any atom is 0.233 e. The van der Waals surface area contributed by atoms with Crippen molar-refractivity contribution >= 4 is 11.8 Å². The monoisotopic (exact) mass is 211 g/mol. The Morgan fingerprint density at radius 2 is 1.87 bits per heavy atom. The van der Waals surface area contributed by atoms with Crippen molar-refractivity contribution in [2.45, 2.75) is 58.8 Å². The molecule has 1 saturated heterocycles. The third kappa shape index (κ3) is 3.33. The van der Waals surface area contributed by atoms with Gasteiger partial charge in [-0.1, -0.05) is 46.0 Å². The van der Waals surface area contributed by atoms with Crippen LogP contribution in [0.3, 0.4) is 0 Å². The summed E-state index contributed by atoms with van der Waals surface area (Å²) in [5.74, 6) is -0.195. The highest BCUT2D eigenvalue weighted by atomic mass is 16.2. The van der Waals surface area contributed by atoms with Crippen LogP contribution in [0.5, 0.6) is 0 Å². The average molecular weight is 211 g/mol. The highest BCUT2D eigenvalue weighted by molar-refractivity contribution is 6.05. The largest absolute Gasteiger partial charge is 0.296 e. The van der Waals surface area contributed by atoms with Gasteiger partial charge in [-0.2, -0.15) is 0 Å². The molecule has 1 N–H and O–H groups in total. The minimum absolute atomic E-state index is 0.0806. The van der Waals surface area contributed by atoms with Crippen molar-refractivity contribution in [2.75, 3.05) is 0 Å². The molecule has 1 atom stereocenters. The van der Waals surface area contributed by atoms with Gasteiger partial charge in [0.2, 0.25) is 11.8 Å². The van der Waals surface area contributed by atoms with E-state index in [0.29, 0.717) is 6.42 Å². The van der Waals surface area contributed by atoms with Gasteiger partial charge < -0.3 is 0 Å². The molecule has 0 aromatic carbocycles. The highest BCUT2D eigenvalue weighted by Crippen LogP contribution is 2.32. The first-order valence-corrected chi connectivity index (χ1v) is 5.93. The third-order valence-corrected chi connectivity index (χ3v) is 3.18. The first-order chi connectivity index (χ1) is 7.08. The lowest BCUT2D eigenvalue weighted by Crippen LogP contribution is -2.28. The lowest BCUT2D eigenvalue weighted by atomic mass is 9.83. The Morgan fingerprint density at radius 3 is 2.40 bits per heavy atom. The van der Waals surface area contributed by atoms with E-state index in [-0.39, 0.29) is 11.8 Å². The molecule has 1 heterocycles. The topological polar surface area (TPSA) is 46.2 Å². The Kier molecular flexibility index (Phi) is 4.30. The van der Waals surface area contributed by atoms with E-state index in [1.807, 2.05) is 6.92 Å². The van der Waals surface area contributed by atoms with Crippen molar-refractivity contribution in [3.8, 4) is 0 Å². The second kappa shape index (κ2) is 5.29. The van der Waals surface area contributed by atoms with E-state index in [1.54, 1.807) is 0 Å². The van der Waals surface area contributed by atoms with Gasteiger partial charge >= 0.3 is 0 Å². The summed E-state index contributed by atoms with van der Waals surface area (Å²) in [5.41, 5.74) is -0.427. The lowest BCUT2D eigenvalue weighted by molar-refractivity contribution is -0.128. The summed E-state index contributed by atoms with van der Waals surface area (Å²) in [6, 6.07) is 0. The van der Waals surface area contributed by atoms with Gasteiger partial charge in [-0.25, -0.2) is 0 Å². The summed E-state index contributed by atoms with van der Waals surface area (Å²) in [4.78, 5) is 22.6. The van der Waals surface area contributed by atoms with Crippen LogP contribution in [-0.4, -0.2) is 11.8 Å². The maximum atomic E-state index is 11.5. The molecule has 0 spiro atoms. The number of carbonyl (C=O) groups is 2. The Bertz CT molecular complexity index is 250. The fourth-order valence-electron chi connectivity index (χ4n) is 2.08. The van der Waals surface area contributed by atoms with E-state index in [4.69, 9.17) is 0 Å². The fraction of sp³-hybridized carbons (Fsp3) is 0.833. The van der Waals surface area contributed by atoms with Crippen LogP contribution >= 0.6 is 0 Å². The zero-order valence-corrected chi connectivity index (χ0v) is 9.77. The van der Waals surface area contributed by atoms with Gasteiger partial charge in [0.1, 0.15) is 0 Å². The molecule has 15 heavy (non-hydrogen) atoms. The second-order valence-corrected chi connectivity index (χ2v) is 4.78. The molecule has 1 fully saturated rings. The normalized spacial score (nSPS) is 25.7. The summed E-state index contributed by atoms with van der Waals surface area (Å²) in [7, 11) is 0. The predicted molar refractivity (Wildman–Crippen MR) is 59.2 cm³/mol. The summed E-state index contributed by atoms with van der Waals surface area (Å²) in [6.45, 7) is 4.08.